The first-order valence-corrected chi connectivity index (χ1v) is 7.26. The molecule has 1 aromatic carbocycles. The van der Waals surface area contributed by atoms with E-state index < -0.39 is 0 Å². The molecule has 1 saturated heterocycles. The van der Waals surface area contributed by atoms with Crippen LogP contribution in [-0.2, 0) is 0 Å². The van der Waals surface area contributed by atoms with Gasteiger partial charge in [0.15, 0.2) is 0 Å². The van der Waals surface area contributed by atoms with E-state index in [-0.39, 0.29) is 17.4 Å². The maximum absolute atomic E-state index is 13.6. The smallest absolute Gasteiger partial charge is 0.123 e. The van der Waals surface area contributed by atoms with Crippen LogP contribution in [-0.4, -0.2) is 18.6 Å². The maximum Gasteiger partial charge on any atom is 0.123 e. The summed E-state index contributed by atoms with van der Waals surface area (Å²) >= 11 is 0. The molecule has 0 bridgehead atoms. The summed E-state index contributed by atoms with van der Waals surface area (Å²) in [5.74, 6) is -0.152. The molecule has 106 valence electrons. The van der Waals surface area contributed by atoms with Crippen LogP contribution in [0.4, 0.5) is 10.1 Å². The second-order valence-electron chi connectivity index (χ2n) is 6.05. The molecule has 0 aliphatic carbocycles. The normalized spacial score (nSPS) is 19.7. The fourth-order valence-corrected chi connectivity index (χ4v) is 3.09. The molecule has 0 amide bonds. The van der Waals surface area contributed by atoms with Crippen LogP contribution in [0.2, 0.25) is 0 Å². The molecule has 3 heteroatoms. The van der Waals surface area contributed by atoms with Crippen molar-refractivity contribution in [2.45, 2.75) is 52.1 Å². The molecule has 2 rings (SSSR count). The number of hydrogen-bond acceptors (Lipinski definition) is 2. The number of benzene rings is 1. The number of nitrogens with one attached hydrogen (secondary N) is 1. The van der Waals surface area contributed by atoms with Crippen molar-refractivity contribution < 1.29 is 4.39 Å². The average molecular weight is 264 g/mol. The summed E-state index contributed by atoms with van der Waals surface area (Å²) < 4.78 is 13.6. The lowest BCUT2D eigenvalue weighted by atomic mass is 9.98. The Morgan fingerprint density at radius 2 is 2.16 bits per heavy atom. The molecule has 1 heterocycles. The van der Waals surface area contributed by atoms with E-state index in [0.717, 1.165) is 18.7 Å². The summed E-state index contributed by atoms with van der Waals surface area (Å²) in [5.41, 5.74) is 2.41. The lowest BCUT2D eigenvalue weighted by Gasteiger charge is -2.36. The largest absolute Gasteiger partial charge is 0.366 e. The van der Waals surface area contributed by atoms with Crippen molar-refractivity contribution in [3.05, 3.63) is 29.6 Å². The second kappa shape index (κ2) is 5.49. The van der Waals surface area contributed by atoms with E-state index in [1.807, 2.05) is 6.07 Å². The molecule has 0 radical (unpaired) electrons. The van der Waals surface area contributed by atoms with Crippen molar-refractivity contribution in [1.82, 2.24) is 5.32 Å². The van der Waals surface area contributed by atoms with E-state index in [1.54, 1.807) is 12.1 Å². The number of anilines is 1. The van der Waals surface area contributed by atoms with Crippen molar-refractivity contribution in [1.29, 1.82) is 0 Å². The van der Waals surface area contributed by atoms with Crippen molar-refractivity contribution in [2.75, 3.05) is 18.0 Å². The van der Waals surface area contributed by atoms with Gasteiger partial charge in [-0.05, 0) is 63.9 Å². The van der Waals surface area contributed by atoms with Crippen molar-refractivity contribution in [3.63, 3.8) is 0 Å². The highest BCUT2D eigenvalue weighted by Gasteiger charge is 2.33. The first-order valence-electron chi connectivity index (χ1n) is 7.26. The molecule has 0 spiro atoms. The number of nitrogens with zero attached hydrogens (tertiary/aromatic N) is 1. The topological polar surface area (TPSA) is 15.3 Å². The van der Waals surface area contributed by atoms with E-state index in [2.05, 4.69) is 37.9 Å². The monoisotopic (exact) mass is 264 g/mol. The Hall–Kier alpha value is -1.09. The van der Waals surface area contributed by atoms with E-state index in [0.29, 0.717) is 0 Å². The Kier molecular flexibility index (Phi) is 4.14. The molecule has 1 aromatic rings. The van der Waals surface area contributed by atoms with Crippen LogP contribution in [0.1, 0.15) is 52.1 Å². The molecule has 0 saturated carbocycles. The number of halogens is 1. The molecule has 1 N–H and O–H groups in total. The minimum Gasteiger partial charge on any atom is -0.366 e. The van der Waals surface area contributed by atoms with Crippen LogP contribution in [0, 0.1) is 5.82 Å². The summed E-state index contributed by atoms with van der Waals surface area (Å²) in [4.78, 5) is 2.43. The van der Waals surface area contributed by atoms with Gasteiger partial charge in [-0.15, -0.1) is 0 Å². The van der Waals surface area contributed by atoms with Gasteiger partial charge in [0, 0.05) is 23.8 Å². The third-order valence-corrected chi connectivity index (χ3v) is 4.16. The average Bonchev–Trinajstić information content (AvgIpc) is 2.69. The molecule has 1 aliphatic heterocycles. The highest BCUT2D eigenvalue weighted by Crippen LogP contribution is 2.37. The number of hydrogen-bond donors (Lipinski definition) is 1. The Morgan fingerprint density at radius 3 is 2.74 bits per heavy atom. The van der Waals surface area contributed by atoms with E-state index in [4.69, 9.17) is 0 Å². The Labute approximate surface area is 116 Å². The fourth-order valence-electron chi connectivity index (χ4n) is 3.09. The summed E-state index contributed by atoms with van der Waals surface area (Å²) in [5, 5.41) is 3.39. The fraction of sp³-hybridized carbons (Fsp3) is 0.625. The second-order valence-corrected chi connectivity index (χ2v) is 6.05. The third-order valence-electron chi connectivity index (χ3n) is 4.16. The summed E-state index contributed by atoms with van der Waals surface area (Å²) in [6.45, 7) is 10.7. The molecule has 0 aromatic heterocycles. The quantitative estimate of drug-likeness (QED) is 0.888. The van der Waals surface area contributed by atoms with Gasteiger partial charge in [-0.3, -0.25) is 0 Å². The van der Waals surface area contributed by atoms with Gasteiger partial charge in [-0.25, -0.2) is 4.39 Å². The standard InChI is InChI=1S/C16H25FN2/c1-5-18-12(2)14-11-13(17)7-8-15(14)19-10-6-9-16(19,3)4/h7-8,11-12,18H,5-6,9-10H2,1-4H3. The van der Waals surface area contributed by atoms with Crippen LogP contribution in [0.5, 0.6) is 0 Å². The Bertz CT molecular complexity index is 442. The van der Waals surface area contributed by atoms with Gasteiger partial charge in [0.1, 0.15) is 5.82 Å². The van der Waals surface area contributed by atoms with E-state index in [9.17, 15) is 4.39 Å². The molecule has 1 aliphatic rings. The van der Waals surface area contributed by atoms with E-state index in [1.165, 1.54) is 18.5 Å². The summed E-state index contributed by atoms with van der Waals surface area (Å²) in [6, 6.07) is 5.36. The highest BCUT2D eigenvalue weighted by atomic mass is 19.1. The third kappa shape index (κ3) is 2.92. The van der Waals surface area contributed by atoms with Gasteiger partial charge in [-0.2, -0.15) is 0 Å². The first-order chi connectivity index (χ1) is 8.95. The van der Waals surface area contributed by atoms with E-state index >= 15 is 0 Å². The first kappa shape index (κ1) is 14.3. The zero-order chi connectivity index (χ0) is 14.0. The van der Waals surface area contributed by atoms with Crippen LogP contribution in [0.15, 0.2) is 18.2 Å². The zero-order valence-electron chi connectivity index (χ0n) is 12.5. The minimum absolute atomic E-state index is 0.152. The predicted octanol–water partition coefficient (Wildman–Crippen LogP) is 3.88. The lowest BCUT2D eigenvalue weighted by molar-refractivity contribution is 0.511. The van der Waals surface area contributed by atoms with Gasteiger partial charge >= 0.3 is 0 Å². The van der Waals surface area contributed by atoms with Crippen molar-refractivity contribution in [2.24, 2.45) is 0 Å². The van der Waals surface area contributed by atoms with Gasteiger partial charge in [0.25, 0.3) is 0 Å². The van der Waals surface area contributed by atoms with Gasteiger partial charge in [-0.1, -0.05) is 6.92 Å². The Balaban J connectivity index is 2.39. The van der Waals surface area contributed by atoms with Crippen molar-refractivity contribution in [3.8, 4) is 0 Å². The number of rotatable bonds is 4. The SMILES string of the molecule is CCNC(C)c1cc(F)ccc1N1CCCC1(C)C. The van der Waals surface area contributed by atoms with Crippen LogP contribution >= 0.6 is 0 Å². The molecule has 2 nitrogen and oxygen atoms in total. The van der Waals surface area contributed by atoms with Gasteiger partial charge in [0.05, 0.1) is 0 Å². The van der Waals surface area contributed by atoms with Gasteiger partial charge in [0.2, 0.25) is 0 Å². The molecule has 1 unspecified atom stereocenters. The maximum atomic E-state index is 13.6. The van der Waals surface area contributed by atoms with Crippen LogP contribution < -0.4 is 10.2 Å². The van der Waals surface area contributed by atoms with Crippen LogP contribution in [0.3, 0.4) is 0 Å². The molecule has 1 fully saturated rings. The zero-order valence-corrected chi connectivity index (χ0v) is 12.5. The highest BCUT2D eigenvalue weighted by molar-refractivity contribution is 5.57. The molecule has 1 atom stereocenters. The van der Waals surface area contributed by atoms with Crippen LogP contribution in [0.25, 0.3) is 0 Å². The van der Waals surface area contributed by atoms with Crippen molar-refractivity contribution >= 4 is 5.69 Å². The molecule has 19 heavy (non-hydrogen) atoms. The predicted molar refractivity (Wildman–Crippen MR) is 79.2 cm³/mol. The summed E-state index contributed by atoms with van der Waals surface area (Å²) in [7, 11) is 0. The van der Waals surface area contributed by atoms with Gasteiger partial charge < -0.3 is 10.2 Å². The lowest BCUT2D eigenvalue weighted by Crippen LogP contribution is -2.39. The molecular weight excluding hydrogens is 239 g/mol. The summed E-state index contributed by atoms with van der Waals surface area (Å²) in [6.07, 6.45) is 2.40. The Morgan fingerprint density at radius 1 is 1.42 bits per heavy atom. The molecular formula is C16H25FN2. The minimum atomic E-state index is -0.152.